The van der Waals surface area contributed by atoms with Crippen LogP contribution in [0.4, 0.5) is 0 Å². The first kappa shape index (κ1) is 15.3. The highest BCUT2D eigenvalue weighted by Crippen LogP contribution is 2.39. The van der Waals surface area contributed by atoms with Crippen LogP contribution in [0.2, 0.25) is 0 Å². The van der Waals surface area contributed by atoms with E-state index in [1.165, 1.54) is 0 Å². The summed E-state index contributed by atoms with van der Waals surface area (Å²) in [6, 6.07) is 2.34. The number of amides is 1. The number of hydrogen-bond acceptors (Lipinski definition) is 3. The molecule has 0 unspecified atom stereocenters. The van der Waals surface area contributed by atoms with Crippen LogP contribution >= 0.6 is 0 Å². The van der Waals surface area contributed by atoms with E-state index in [9.17, 15) is 10.1 Å². The summed E-state index contributed by atoms with van der Waals surface area (Å²) in [7, 11) is 0. The van der Waals surface area contributed by atoms with E-state index in [1.807, 2.05) is 32.6 Å². The maximum absolute atomic E-state index is 12.9. The number of nitriles is 1. The minimum Gasteiger partial charge on any atom is -0.366 e. The molecule has 0 bridgehead atoms. The van der Waals surface area contributed by atoms with Crippen molar-refractivity contribution in [1.82, 2.24) is 4.90 Å². The van der Waals surface area contributed by atoms with Crippen molar-refractivity contribution in [2.45, 2.75) is 71.0 Å². The van der Waals surface area contributed by atoms with E-state index in [-0.39, 0.29) is 17.1 Å². The first-order valence-corrected chi connectivity index (χ1v) is 7.61. The van der Waals surface area contributed by atoms with Crippen LogP contribution in [0.3, 0.4) is 0 Å². The first-order valence-electron chi connectivity index (χ1n) is 7.61. The lowest BCUT2D eigenvalue weighted by Crippen LogP contribution is -2.61. The number of nitrogens with zero attached hydrogens (tertiary/aromatic N) is 2. The van der Waals surface area contributed by atoms with Gasteiger partial charge in [0.05, 0.1) is 17.3 Å². The predicted octanol–water partition coefficient (Wildman–Crippen LogP) is 2.88. The molecule has 0 aromatic rings. The third-order valence-electron chi connectivity index (χ3n) is 4.31. The molecule has 0 aromatic carbocycles. The molecule has 112 valence electrons. The minimum atomic E-state index is -0.790. The van der Waals surface area contributed by atoms with Gasteiger partial charge in [0.25, 0.3) is 0 Å². The van der Waals surface area contributed by atoms with Crippen LogP contribution in [0.5, 0.6) is 0 Å². The van der Waals surface area contributed by atoms with Crippen LogP contribution in [-0.2, 0) is 9.53 Å². The lowest BCUT2D eigenvalue weighted by molar-refractivity contribution is -0.192. The van der Waals surface area contributed by atoms with Gasteiger partial charge in [0, 0.05) is 13.1 Å². The lowest BCUT2D eigenvalue weighted by atomic mass is 9.73. The summed E-state index contributed by atoms with van der Waals surface area (Å²) in [5.41, 5.74) is -1.51. The predicted molar refractivity (Wildman–Crippen MR) is 77.0 cm³/mol. The maximum atomic E-state index is 12.9. The molecule has 1 aliphatic heterocycles. The Bertz CT molecular complexity index is 412. The van der Waals surface area contributed by atoms with E-state index >= 15 is 0 Å². The van der Waals surface area contributed by atoms with Crippen molar-refractivity contribution in [2.75, 3.05) is 13.1 Å². The van der Waals surface area contributed by atoms with Gasteiger partial charge in [-0.2, -0.15) is 5.26 Å². The second-order valence-corrected chi connectivity index (χ2v) is 7.54. The van der Waals surface area contributed by atoms with Gasteiger partial charge < -0.3 is 9.64 Å². The number of ether oxygens (including phenoxy) is 1. The molecule has 4 nitrogen and oxygen atoms in total. The van der Waals surface area contributed by atoms with Crippen molar-refractivity contribution in [3.05, 3.63) is 0 Å². The van der Waals surface area contributed by atoms with Crippen molar-refractivity contribution < 1.29 is 9.53 Å². The molecule has 0 radical (unpaired) electrons. The topological polar surface area (TPSA) is 53.3 Å². The Morgan fingerprint density at radius 3 is 2.00 bits per heavy atom. The van der Waals surface area contributed by atoms with E-state index < -0.39 is 5.41 Å². The number of morpholine rings is 1. The SMILES string of the molecule is CC1(C)CN(C(=O)C2(C#N)CCCCC2)CC(C)(C)O1. The molecule has 2 rings (SSSR count). The van der Waals surface area contributed by atoms with Crippen LogP contribution in [0, 0.1) is 16.7 Å². The van der Waals surface area contributed by atoms with Crippen LogP contribution in [0.1, 0.15) is 59.8 Å². The third kappa shape index (κ3) is 2.98. The number of carbonyl (C=O) groups is 1. The van der Waals surface area contributed by atoms with Gasteiger partial charge in [0.1, 0.15) is 5.41 Å². The van der Waals surface area contributed by atoms with Gasteiger partial charge in [-0.15, -0.1) is 0 Å². The van der Waals surface area contributed by atoms with Crippen molar-refractivity contribution >= 4 is 5.91 Å². The molecule has 1 saturated carbocycles. The van der Waals surface area contributed by atoms with Crippen LogP contribution in [0.15, 0.2) is 0 Å². The maximum Gasteiger partial charge on any atom is 0.243 e. The summed E-state index contributed by atoms with van der Waals surface area (Å²) >= 11 is 0. The highest BCUT2D eigenvalue weighted by Gasteiger charge is 2.47. The molecule has 0 N–H and O–H groups in total. The molecule has 1 saturated heterocycles. The Morgan fingerprint density at radius 1 is 1.05 bits per heavy atom. The molecular formula is C16H26N2O2. The average molecular weight is 278 g/mol. The summed E-state index contributed by atoms with van der Waals surface area (Å²) in [5.74, 6) is 0.0177. The molecule has 0 atom stereocenters. The Labute approximate surface area is 122 Å². The molecule has 2 fully saturated rings. The van der Waals surface area contributed by atoms with Gasteiger partial charge in [-0.1, -0.05) is 19.3 Å². The Morgan fingerprint density at radius 2 is 1.55 bits per heavy atom. The zero-order valence-electron chi connectivity index (χ0n) is 13.2. The van der Waals surface area contributed by atoms with Gasteiger partial charge in [0.2, 0.25) is 5.91 Å². The average Bonchev–Trinajstić information content (AvgIpc) is 2.35. The van der Waals surface area contributed by atoms with Crippen molar-refractivity contribution in [1.29, 1.82) is 5.26 Å². The van der Waals surface area contributed by atoms with E-state index in [2.05, 4.69) is 6.07 Å². The monoisotopic (exact) mass is 278 g/mol. The van der Waals surface area contributed by atoms with Crippen LogP contribution in [0.25, 0.3) is 0 Å². The molecule has 1 amide bonds. The normalized spacial score (nSPS) is 27.6. The van der Waals surface area contributed by atoms with E-state index in [0.29, 0.717) is 25.9 Å². The zero-order chi connectivity index (χ0) is 15.0. The van der Waals surface area contributed by atoms with E-state index in [1.54, 1.807) is 0 Å². The highest BCUT2D eigenvalue weighted by molar-refractivity contribution is 5.85. The molecule has 4 heteroatoms. The largest absolute Gasteiger partial charge is 0.366 e. The second kappa shape index (κ2) is 5.04. The summed E-state index contributed by atoms with van der Waals surface area (Å²) in [4.78, 5) is 14.8. The van der Waals surface area contributed by atoms with E-state index in [4.69, 9.17) is 4.74 Å². The lowest BCUT2D eigenvalue weighted by Gasteiger charge is -2.49. The quantitative estimate of drug-likeness (QED) is 0.741. The summed E-state index contributed by atoms with van der Waals surface area (Å²) < 4.78 is 6.02. The Balaban J connectivity index is 2.21. The fourth-order valence-electron chi connectivity index (χ4n) is 3.76. The highest BCUT2D eigenvalue weighted by atomic mass is 16.5. The van der Waals surface area contributed by atoms with Crippen molar-refractivity contribution in [3.63, 3.8) is 0 Å². The van der Waals surface area contributed by atoms with Crippen LogP contribution < -0.4 is 0 Å². The Kier molecular flexibility index (Phi) is 3.85. The Hall–Kier alpha value is -1.08. The van der Waals surface area contributed by atoms with Gasteiger partial charge in [0.15, 0.2) is 0 Å². The van der Waals surface area contributed by atoms with E-state index in [0.717, 1.165) is 19.3 Å². The van der Waals surface area contributed by atoms with Gasteiger partial charge in [-0.3, -0.25) is 4.79 Å². The molecule has 0 aromatic heterocycles. The first-order chi connectivity index (χ1) is 9.20. The zero-order valence-corrected chi connectivity index (χ0v) is 13.2. The molecule has 20 heavy (non-hydrogen) atoms. The molecule has 0 spiro atoms. The van der Waals surface area contributed by atoms with Gasteiger partial charge in [-0.25, -0.2) is 0 Å². The number of carbonyl (C=O) groups excluding carboxylic acids is 1. The van der Waals surface area contributed by atoms with Gasteiger partial charge in [-0.05, 0) is 40.5 Å². The van der Waals surface area contributed by atoms with Crippen LogP contribution in [-0.4, -0.2) is 35.1 Å². The molecular weight excluding hydrogens is 252 g/mol. The fourth-order valence-corrected chi connectivity index (χ4v) is 3.76. The number of rotatable bonds is 1. The molecule has 2 aliphatic rings. The smallest absolute Gasteiger partial charge is 0.243 e. The van der Waals surface area contributed by atoms with Gasteiger partial charge >= 0.3 is 0 Å². The molecule has 1 heterocycles. The van der Waals surface area contributed by atoms with Crippen molar-refractivity contribution in [3.8, 4) is 6.07 Å². The molecule has 1 aliphatic carbocycles. The number of hydrogen-bond donors (Lipinski definition) is 0. The minimum absolute atomic E-state index is 0.0177. The summed E-state index contributed by atoms with van der Waals surface area (Å²) in [6.07, 6.45) is 4.52. The third-order valence-corrected chi connectivity index (χ3v) is 4.31. The second-order valence-electron chi connectivity index (χ2n) is 7.54. The van der Waals surface area contributed by atoms with Crippen molar-refractivity contribution in [2.24, 2.45) is 5.41 Å². The summed E-state index contributed by atoms with van der Waals surface area (Å²) in [6.45, 7) is 9.17. The fraction of sp³-hybridized carbons (Fsp3) is 0.875. The summed E-state index contributed by atoms with van der Waals surface area (Å²) in [5, 5.41) is 9.57. The standard InChI is InChI=1S/C16H26N2O2/c1-14(2)11-18(12-15(3,4)20-14)13(19)16(10-17)8-6-5-7-9-16/h5-9,11-12H2,1-4H3.